The number of aromatic amines is 1. The molecule has 0 radical (unpaired) electrons. The first-order chi connectivity index (χ1) is 13.2. The maximum absolute atomic E-state index is 13.7. The highest BCUT2D eigenvalue weighted by atomic mass is 35.5. The SMILES string of the molecule is CC[C@@](O)(Cc1ncn[nH]1)c1ccc(Oc2ccc(Cl)cc2)cc1C(F)(F)F. The van der Waals surface area contributed by atoms with E-state index in [9.17, 15) is 18.3 Å². The fourth-order valence-corrected chi connectivity index (χ4v) is 3.00. The molecule has 148 valence electrons. The Kier molecular flexibility index (Phi) is 5.62. The van der Waals surface area contributed by atoms with Crippen LogP contribution in [0.5, 0.6) is 11.5 Å². The first kappa shape index (κ1) is 20.2. The van der Waals surface area contributed by atoms with E-state index in [2.05, 4.69) is 15.2 Å². The van der Waals surface area contributed by atoms with Crippen LogP contribution in [0.15, 0.2) is 48.8 Å². The molecule has 0 bridgehead atoms. The number of ether oxygens (including phenoxy) is 1. The molecule has 9 heteroatoms. The molecule has 0 saturated heterocycles. The van der Waals surface area contributed by atoms with Crippen LogP contribution in [0.1, 0.15) is 30.3 Å². The third-order valence-electron chi connectivity index (χ3n) is 4.36. The smallest absolute Gasteiger partial charge is 0.416 e. The zero-order chi connectivity index (χ0) is 20.4. The first-order valence-corrected chi connectivity index (χ1v) is 8.81. The maximum atomic E-state index is 13.7. The molecule has 3 rings (SSSR count). The van der Waals surface area contributed by atoms with E-state index in [1.54, 1.807) is 31.2 Å². The molecule has 1 atom stereocenters. The summed E-state index contributed by atoms with van der Waals surface area (Å²) < 4.78 is 46.7. The van der Waals surface area contributed by atoms with E-state index in [-0.39, 0.29) is 24.2 Å². The summed E-state index contributed by atoms with van der Waals surface area (Å²) in [6.45, 7) is 1.61. The van der Waals surface area contributed by atoms with Crippen LogP contribution in [0.25, 0.3) is 0 Å². The Morgan fingerprint density at radius 3 is 2.32 bits per heavy atom. The lowest BCUT2D eigenvalue weighted by molar-refractivity contribution is -0.141. The van der Waals surface area contributed by atoms with Crippen molar-refractivity contribution in [2.45, 2.75) is 31.5 Å². The summed E-state index contributed by atoms with van der Waals surface area (Å²) in [4.78, 5) is 3.90. The predicted octanol–water partition coefficient (Wildman–Crippen LogP) is 5.11. The van der Waals surface area contributed by atoms with Crippen molar-refractivity contribution in [2.24, 2.45) is 0 Å². The number of alkyl halides is 3. The van der Waals surface area contributed by atoms with Crippen molar-refractivity contribution in [2.75, 3.05) is 0 Å². The fraction of sp³-hybridized carbons (Fsp3) is 0.263. The van der Waals surface area contributed by atoms with Gasteiger partial charge in [-0.05, 0) is 48.4 Å². The van der Waals surface area contributed by atoms with Crippen molar-refractivity contribution in [3.8, 4) is 11.5 Å². The van der Waals surface area contributed by atoms with Crippen LogP contribution in [0.3, 0.4) is 0 Å². The molecular formula is C19H17ClF3N3O2. The van der Waals surface area contributed by atoms with Gasteiger partial charge in [-0.2, -0.15) is 18.3 Å². The van der Waals surface area contributed by atoms with E-state index in [1.807, 2.05) is 0 Å². The van der Waals surface area contributed by atoms with E-state index in [0.717, 1.165) is 6.07 Å². The van der Waals surface area contributed by atoms with Crippen LogP contribution in [-0.4, -0.2) is 20.3 Å². The predicted molar refractivity (Wildman–Crippen MR) is 97.2 cm³/mol. The molecule has 0 aliphatic carbocycles. The minimum atomic E-state index is -4.68. The standard InChI is InChI=1S/C19H17ClF3N3O2/c1-2-18(27,10-17-24-11-25-26-17)15-8-7-14(9-16(15)19(21,22)23)28-13-5-3-12(20)4-6-13/h3-9,11,27H,2,10H2,1H3,(H,24,25,26)/t18-/m1/s1. The van der Waals surface area contributed by atoms with Gasteiger partial charge in [0.25, 0.3) is 0 Å². The molecule has 28 heavy (non-hydrogen) atoms. The van der Waals surface area contributed by atoms with Gasteiger partial charge in [-0.1, -0.05) is 24.6 Å². The lowest BCUT2D eigenvalue weighted by Gasteiger charge is -2.29. The van der Waals surface area contributed by atoms with Gasteiger partial charge in [-0.15, -0.1) is 0 Å². The topological polar surface area (TPSA) is 71.0 Å². The van der Waals surface area contributed by atoms with Crippen LogP contribution in [0.4, 0.5) is 13.2 Å². The second-order valence-corrected chi connectivity index (χ2v) is 6.69. The number of aliphatic hydroxyl groups is 1. The van der Waals surface area contributed by atoms with Gasteiger partial charge in [0.15, 0.2) is 0 Å². The number of nitrogens with one attached hydrogen (secondary N) is 1. The molecule has 2 N–H and O–H groups in total. The number of aromatic nitrogens is 3. The Morgan fingerprint density at radius 1 is 1.07 bits per heavy atom. The highest BCUT2D eigenvalue weighted by Crippen LogP contribution is 2.41. The zero-order valence-electron chi connectivity index (χ0n) is 14.8. The van der Waals surface area contributed by atoms with Crippen molar-refractivity contribution in [1.82, 2.24) is 15.2 Å². The van der Waals surface area contributed by atoms with Gasteiger partial charge < -0.3 is 9.84 Å². The number of rotatable bonds is 6. The van der Waals surface area contributed by atoms with Crippen LogP contribution in [-0.2, 0) is 18.2 Å². The van der Waals surface area contributed by atoms with E-state index >= 15 is 0 Å². The molecule has 0 saturated carbocycles. The monoisotopic (exact) mass is 411 g/mol. The van der Waals surface area contributed by atoms with Crippen molar-refractivity contribution >= 4 is 11.6 Å². The summed E-state index contributed by atoms with van der Waals surface area (Å²) in [7, 11) is 0. The molecule has 0 aliphatic heterocycles. The van der Waals surface area contributed by atoms with Gasteiger partial charge in [0.05, 0.1) is 11.2 Å². The maximum Gasteiger partial charge on any atom is 0.416 e. The van der Waals surface area contributed by atoms with E-state index in [1.165, 1.54) is 18.5 Å². The van der Waals surface area contributed by atoms with Crippen LogP contribution >= 0.6 is 11.6 Å². The number of halogens is 4. The summed E-state index contributed by atoms with van der Waals surface area (Å²) in [6.07, 6.45) is -3.53. The zero-order valence-corrected chi connectivity index (χ0v) is 15.6. The van der Waals surface area contributed by atoms with Gasteiger partial charge >= 0.3 is 6.18 Å². The van der Waals surface area contributed by atoms with Gasteiger partial charge in [0, 0.05) is 11.4 Å². The summed E-state index contributed by atoms with van der Waals surface area (Å²) in [5, 5.41) is 17.7. The summed E-state index contributed by atoms with van der Waals surface area (Å²) in [5.74, 6) is 0.633. The lowest BCUT2D eigenvalue weighted by atomic mass is 9.84. The van der Waals surface area contributed by atoms with Gasteiger partial charge in [0.2, 0.25) is 0 Å². The number of hydrogen-bond acceptors (Lipinski definition) is 4. The van der Waals surface area contributed by atoms with Crippen LogP contribution in [0, 0.1) is 0 Å². The van der Waals surface area contributed by atoms with Crippen molar-refractivity contribution in [3.63, 3.8) is 0 Å². The Morgan fingerprint density at radius 2 is 1.75 bits per heavy atom. The minimum Gasteiger partial charge on any atom is -0.457 e. The summed E-state index contributed by atoms with van der Waals surface area (Å²) in [6, 6.07) is 9.75. The Balaban J connectivity index is 1.99. The molecule has 0 aliphatic rings. The molecule has 2 aromatic carbocycles. The summed E-state index contributed by atoms with van der Waals surface area (Å²) >= 11 is 5.80. The third kappa shape index (κ3) is 4.45. The van der Waals surface area contributed by atoms with Gasteiger partial charge in [-0.25, -0.2) is 4.98 Å². The molecule has 3 aromatic rings. The Labute approximate surface area is 164 Å². The first-order valence-electron chi connectivity index (χ1n) is 8.43. The Hall–Kier alpha value is -2.58. The number of hydrogen-bond donors (Lipinski definition) is 2. The molecular weight excluding hydrogens is 395 g/mol. The van der Waals surface area contributed by atoms with Crippen LogP contribution in [0.2, 0.25) is 5.02 Å². The highest BCUT2D eigenvalue weighted by molar-refractivity contribution is 6.30. The van der Waals surface area contributed by atoms with E-state index in [4.69, 9.17) is 16.3 Å². The molecule has 0 spiro atoms. The van der Waals surface area contributed by atoms with Crippen LogP contribution < -0.4 is 4.74 Å². The lowest BCUT2D eigenvalue weighted by Crippen LogP contribution is -2.31. The molecule has 5 nitrogen and oxygen atoms in total. The van der Waals surface area contributed by atoms with E-state index < -0.39 is 17.3 Å². The number of nitrogens with zero attached hydrogens (tertiary/aromatic N) is 2. The van der Waals surface area contributed by atoms with Crippen molar-refractivity contribution in [1.29, 1.82) is 0 Å². The summed E-state index contributed by atoms with van der Waals surface area (Å²) in [5.41, 5.74) is -2.99. The average molecular weight is 412 g/mol. The third-order valence-corrected chi connectivity index (χ3v) is 4.61. The normalized spacial score (nSPS) is 13.9. The highest BCUT2D eigenvalue weighted by Gasteiger charge is 2.41. The number of benzene rings is 2. The second-order valence-electron chi connectivity index (χ2n) is 6.26. The Bertz CT molecular complexity index is 931. The molecule has 1 aromatic heterocycles. The largest absolute Gasteiger partial charge is 0.457 e. The van der Waals surface area contributed by atoms with Gasteiger partial charge in [0.1, 0.15) is 23.7 Å². The number of H-pyrrole nitrogens is 1. The fourth-order valence-electron chi connectivity index (χ4n) is 2.87. The molecule has 0 amide bonds. The van der Waals surface area contributed by atoms with Crippen molar-refractivity contribution in [3.05, 3.63) is 70.8 Å². The van der Waals surface area contributed by atoms with Gasteiger partial charge in [-0.3, -0.25) is 5.10 Å². The molecule has 0 fully saturated rings. The average Bonchev–Trinajstić information content (AvgIpc) is 3.15. The molecule has 0 unspecified atom stereocenters. The quantitative estimate of drug-likeness (QED) is 0.591. The minimum absolute atomic E-state index is 0.00323. The van der Waals surface area contributed by atoms with Crippen molar-refractivity contribution < 1.29 is 23.0 Å². The van der Waals surface area contributed by atoms with E-state index in [0.29, 0.717) is 16.6 Å². The second kappa shape index (κ2) is 7.81. The molecule has 1 heterocycles.